The molecule has 2 rings (SSSR count). The lowest BCUT2D eigenvalue weighted by molar-refractivity contribution is -0.0120. The molecule has 0 unspecified atom stereocenters. The Morgan fingerprint density at radius 2 is 2.05 bits per heavy atom. The topological polar surface area (TPSA) is 62.3 Å². The van der Waals surface area contributed by atoms with E-state index >= 15 is 0 Å². The highest BCUT2D eigenvalue weighted by Gasteiger charge is 2.39. The molecule has 9 heteroatoms. The highest BCUT2D eigenvalue weighted by atomic mass is 79.9. The van der Waals surface area contributed by atoms with Gasteiger partial charge in [-0.3, -0.25) is 4.84 Å². The molecule has 0 N–H and O–H groups in total. The lowest BCUT2D eigenvalue weighted by atomic mass is 10.3. The first kappa shape index (κ1) is 16.5. The van der Waals surface area contributed by atoms with E-state index in [2.05, 4.69) is 21.9 Å². The van der Waals surface area contributed by atoms with Gasteiger partial charge in [-0.05, 0) is 28.1 Å². The van der Waals surface area contributed by atoms with Crippen LogP contribution in [0.3, 0.4) is 0 Å². The maximum atomic E-state index is 12.5. The van der Waals surface area contributed by atoms with Gasteiger partial charge in [0.15, 0.2) is 0 Å². The van der Waals surface area contributed by atoms with Crippen LogP contribution in [0.15, 0.2) is 22.7 Å². The number of benzene rings is 1. The zero-order valence-electron chi connectivity index (χ0n) is 11.8. The van der Waals surface area contributed by atoms with Crippen molar-refractivity contribution in [2.75, 3.05) is 25.1 Å². The summed E-state index contributed by atoms with van der Waals surface area (Å²) in [7, 11) is 2.85. The summed E-state index contributed by atoms with van der Waals surface area (Å²) in [6.07, 6.45) is 5.21. The Hall–Kier alpha value is -1.89. The van der Waals surface area contributed by atoms with Gasteiger partial charge in [0, 0.05) is 6.07 Å². The number of ether oxygens (including phenoxy) is 1. The second kappa shape index (κ2) is 6.91. The normalized spacial score (nSPS) is 15.1. The van der Waals surface area contributed by atoms with E-state index in [1.807, 2.05) is 0 Å². The van der Waals surface area contributed by atoms with Crippen LogP contribution in [0.5, 0.6) is 5.75 Å². The van der Waals surface area contributed by atoms with Crippen LogP contribution in [0.1, 0.15) is 0 Å². The van der Waals surface area contributed by atoms with Gasteiger partial charge in [-0.2, -0.15) is 0 Å². The van der Waals surface area contributed by atoms with Gasteiger partial charge in [-0.1, -0.05) is 5.92 Å². The van der Waals surface area contributed by atoms with Crippen molar-refractivity contribution in [3.05, 3.63) is 22.7 Å². The number of hydrogen-bond donors (Lipinski definition) is 0. The third-order valence-electron chi connectivity index (χ3n) is 2.73. The highest BCUT2D eigenvalue weighted by Crippen LogP contribution is 2.36. The van der Waals surface area contributed by atoms with E-state index in [1.54, 1.807) is 18.2 Å². The van der Waals surface area contributed by atoms with Crippen LogP contribution in [0.4, 0.5) is 15.3 Å². The summed E-state index contributed by atoms with van der Waals surface area (Å²) in [5.74, 6) is 2.83. The molecule has 0 saturated carbocycles. The average molecular weight is 386 g/mol. The quantitative estimate of drug-likeness (QED) is 0.588. The number of imide groups is 1. The van der Waals surface area contributed by atoms with Gasteiger partial charge in [0.1, 0.15) is 17.9 Å². The van der Waals surface area contributed by atoms with Crippen LogP contribution in [-0.2, 0) is 4.84 Å². The summed E-state index contributed by atoms with van der Waals surface area (Å²) in [6, 6.07) is 3.92. The van der Waals surface area contributed by atoms with Crippen molar-refractivity contribution in [2.45, 2.75) is 0 Å². The largest absolute Gasteiger partial charge is 0.495 e. The Balaban J connectivity index is 2.39. The SMILES string of the molecule is C#CCN1C(=O)N(OC)SN(c2ccc(Br)c(OC)c2)C1=O. The molecule has 0 aliphatic carbocycles. The van der Waals surface area contributed by atoms with E-state index in [9.17, 15) is 9.59 Å². The smallest absolute Gasteiger partial charge is 0.365 e. The van der Waals surface area contributed by atoms with Crippen LogP contribution >= 0.6 is 28.1 Å². The Bertz CT molecular complexity index is 649. The lowest BCUT2D eigenvalue weighted by Crippen LogP contribution is -2.54. The van der Waals surface area contributed by atoms with Crippen LogP contribution in [-0.4, -0.2) is 42.2 Å². The molecule has 0 bridgehead atoms. The van der Waals surface area contributed by atoms with Crippen molar-refractivity contribution in [3.8, 4) is 18.1 Å². The fraction of sp³-hybridized carbons (Fsp3) is 0.231. The lowest BCUT2D eigenvalue weighted by Gasteiger charge is -2.36. The van der Waals surface area contributed by atoms with Crippen LogP contribution < -0.4 is 9.04 Å². The van der Waals surface area contributed by atoms with Gasteiger partial charge < -0.3 is 4.74 Å². The molecule has 0 spiro atoms. The Morgan fingerprint density at radius 3 is 2.64 bits per heavy atom. The minimum Gasteiger partial charge on any atom is -0.495 e. The van der Waals surface area contributed by atoms with Gasteiger partial charge in [-0.15, -0.1) is 10.9 Å². The Labute approximate surface area is 140 Å². The van der Waals surface area contributed by atoms with E-state index in [4.69, 9.17) is 16.0 Å². The molecule has 1 aromatic carbocycles. The molecule has 4 amide bonds. The van der Waals surface area contributed by atoms with Crippen molar-refractivity contribution < 1.29 is 19.2 Å². The van der Waals surface area contributed by atoms with Crippen LogP contribution in [0.25, 0.3) is 0 Å². The first-order valence-electron chi connectivity index (χ1n) is 5.98. The van der Waals surface area contributed by atoms with Crippen molar-refractivity contribution in [2.24, 2.45) is 0 Å². The molecule has 0 radical (unpaired) electrons. The van der Waals surface area contributed by atoms with Crippen molar-refractivity contribution in [1.82, 2.24) is 9.37 Å². The molecule has 7 nitrogen and oxygen atoms in total. The van der Waals surface area contributed by atoms with E-state index in [0.717, 1.165) is 26.0 Å². The number of urea groups is 2. The predicted octanol–water partition coefficient (Wildman–Crippen LogP) is 2.88. The fourth-order valence-corrected chi connectivity index (χ4v) is 2.87. The molecule has 0 aromatic heterocycles. The maximum absolute atomic E-state index is 12.5. The molecule has 0 atom stereocenters. The minimum atomic E-state index is -0.629. The van der Waals surface area contributed by atoms with E-state index in [-0.39, 0.29) is 6.54 Å². The van der Waals surface area contributed by atoms with Gasteiger partial charge in [0.05, 0.1) is 30.9 Å². The number of nitrogens with zero attached hydrogens (tertiary/aromatic N) is 3. The first-order valence-corrected chi connectivity index (χ1v) is 7.50. The van der Waals surface area contributed by atoms with Gasteiger partial charge in [-0.25, -0.2) is 18.8 Å². The monoisotopic (exact) mass is 385 g/mol. The van der Waals surface area contributed by atoms with E-state index in [0.29, 0.717) is 11.4 Å². The molecule has 1 aliphatic heterocycles. The summed E-state index contributed by atoms with van der Waals surface area (Å²) in [5.41, 5.74) is 0.520. The van der Waals surface area contributed by atoms with Crippen LogP contribution in [0, 0.1) is 12.3 Å². The molecule has 1 fully saturated rings. The van der Waals surface area contributed by atoms with Crippen molar-refractivity contribution in [3.63, 3.8) is 0 Å². The molecule has 1 heterocycles. The maximum Gasteiger partial charge on any atom is 0.365 e. The number of rotatable bonds is 4. The number of anilines is 1. The summed E-state index contributed by atoms with van der Waals surface area (Å²) in [4.78, 5) is 30.4. The van der Waals surface area contributed by atoms with Gasteiger partial charge >= 0.3 is 12.1 Å². The van der Waals surface area contributed by atoms with Crippen molar-refractivity contribution in [1.29, 1.82) is 0 Å². The molecular formula is C13H12BrN3O4S. The van der Waals surface area contributed by atoms with E-state index < -0.39 is 12.1 Å². The number of carbonyl (C=O) groups excluding carboxylic acids is 2. The molecule has 116 valence electrons. The number of halogens is 1. The second-order valence-electron chi connectivity index (χ2n) is 3.99. The molecular weight excluding hydrogens is 374 g/mol. The second-order valence-corrected chi connectivity index (χ2v) is 5.70. The molecule has 1 saturated heterocycles. The Morgan fingerprint density at radius 1 is 1.32 bits per heavy atom. The molecule has 22 heavy (non-hydrogen) atoms. The third kappa shape index (κ3) is 2.99. The highest BCUT2D eigenvalue weighted by molar-refractivity contribution is 9.10. The Kier molecular flexibility index (Phi) is 5.18. The number of hydrogen-bond acceptors (Lipinski definition) is 5. The van der Waals surface area contributed by atoms with E-state index in [1.165, 1.54) is 18.5 Å². The number of methoxy groups -OCH3 is 1. The zero-order valence-corrected chi connectivity index (χ0v) is 14.2. The number of carbonyl (C=O) groups is 2. The van der Waals surface area contributed by atoms with Gasteiger partial charge in [0.2, 0.25) is 0 Å². The summed E-state index contributed by atoms with van der Waals surface area (Å²) >= 11 is 4.16. The average Bonchev–Trinajstić information content (AvgIpc) is 2.52. The first-order chi connectivity index (χ1) is 10.5. The van der Waals surface area contributed by atoms with Crippen LogP contribution in [0.2, 0.25) is 0 Å². The van der Waals surface area contributed by atoms with Gasteiger partial charge in [0.25, 0.3) is 0 Å². The minimum absolute atomic E-state index is 0.151. The third-order valence-corrected chi connectivity index (χ3v) is 4.37. The molecule has 1 aliphatic rings. The molecule has 1 aromatic rings. The van der Waals surface area contributed by atoms with Crippen molar-refractivity contribution >= 4 is 45.8 Å². The standard InChI is InChI=1S/C13H12BrN3O4S/c1-4-7-15-12(18)16(22-17(21-3)13(15)19)9-5-6-10(14)11(8-9)20-2/h1,5-6,8H,7H2,2-3H3. The fourth-order valence-electron chi connectivity index (χ4n) is 1.70. The number of terminal acetylenes is 1. The summed E-state index contributed by atoms with van der Waals surface area (Å²) in [6.45, 7) is -0.151. The number of amides is 4. The summed E-state index contributed by atoms with van der Waals surface area (Å²) in [5, 5.41) is 0. The zero-order chi connectivity index (χ0) is 16.3. The number of hydroxylamine groups is 1. The predicted molar refractivity (Wildman–Crippen MR) is 85.9 cm³/mol. The summed E-state index contributed by atoms with van der Waals surface area (Å²) < 4.78 is 8.21.